The standard InChI is InChI=1S/C13H24N4O2/c1(3-16-5-9-18-10-6-16)14-13-15-2-4-17-7-11-19-12-8-17/h1-12H2. The van der Waals surface area contributed by atoms with Gasteiger partial charge in [0.2, 0.25) is 0 Å². The van der Waals surface area contributed by atoms with Crippen molar-refractivity contribution in [2.45, 2.75) is 0 Å². The maximum Gasteiger partial charge on any atom is 0.0893 e. The Balaban J connectivity index is 1.50. The van der Waals surface area contributed by atoms with Gasteiger partial charge < -0.3 is 9.47 Å². The molecular weight excluding hydrogens is 244 g/mol. The Labute approximate surface area is 115 Å². The van der Waals surface area contributed by atoms with Crippen LogP contribution < -0.4 is 0 Å². The Bertz CT molecular complexity index is 267. The van der Waals surface area contributed by atoms with Gasteiger partial charge in [-0.15, -0.1) is 0 Å². The van der Waals surface area contributed by atoms with Crippen LogP contribution in [0.25, 0.3) is 0 Å². The average molecular weight is 268 g/mol. The van der Waals surface area contributed by atoms with Crippen molar-refractivity contribution in [1.82, 2.24) is 9.80 Å². The summed E-state index contributed by atoms with van der Waals surface area (Å²) >= 11 is 0. The highest BCUT2D eigenvalue weighted by atomic mass is 16.5. The van der Waals surface area contributed by atoms with Crippen LogP contribution in [0.3, 0.4) is 0 Å². The van der Waals surface area contributed by atoms with E-state index in [1.54, 1.807) is 0 Å². The van der Waals surface area contributed by atoms with Gasteiger partial charge >= 0.3 is 0 Å². The van der Waals surface area contributed by atoms with Gasteiger partial charge in [0.15, 0.2) is 0 Å². The zero-order valence-corrected chi connectivity index (χ0v) is 11.6. The van der Waals surface area contributed by atoms with E-state index in [0.29, 0.717) is 0 Å². The molecule has 0 spiro atoms. The van der Waals surface area contributed by atoms with Crippen molar-refractivity contribution in [1.29, 1.82) is 0 Å². The molecule has 0 atom stereocenters. The molecule has 2 aliphatic heterocycles. The van der Waals surface area contributed by atoms with Crippen LogP contribution >= 0.6 is 0 Å². The van der Waals surface area contributed by atoms with Crippen LogP contribution in [0.15, 0.2) is 9.98 Å². The van der Waals surface area contributed by atoms with Crippen LogP contribution in [0.5, 0.6) is 0 Å². The van der Waals surface area contributed by atoms with Gasteiger partial charge in [-0.2, -0.15) is 0 Å². The highest BCUT2D eigenvalue weighted by molar-refractivity contribution is 5.40. The second-order valence-corrected chi connectivity index (χ2v) is 4.77. The molecule has 0 aliphatic carbocycles. The lowest BCUT2D eigenvalue weighted by Crippen LogP contribution is -2.37. The molecule has 2 fully saturated rings. The molecule has 2 heterocycles. The molecule has 0 unspecified atom stereocenters. The molecule has 0 bridgehead atoms. The van der Waals surface area contributed by atoms with Gasteiger partial charge in [0.25, 0.3) is 0 Å². The predicted molar refractivity (Wildman–Crippen MR) is 74.1 cm³/mol. The first-order chi connectivity index (χ1) is 9.45. The number of ether oxygens (including phenoxy) is 2. The Morgan fingerprint density at radius 3 is 1.58 bits per heavy atom. The third-order valence-electron chi connectivity index (χ3n) is 3.40. The topological polar surface area (TPSA) is 49.7 Å². The van der Waals surface area contributed by atoms with Crippen molar-refractivity contribution in [2.24, 2.45) is 9.98 Å². The molecule has 0 aromatic carbocycles. The van der Waals surface area contributed by atoms with Crippen LogP contribution in [-0.4, -0.2) is 94.6 Å². The minimum Gasteiger partial charge on any atom is -0.379 e. The molecule has 0 aromatic heterocycles. The summed E-state index contributed by atoms with van der Waals surface area (Å²) in [7, 11) is 0. The highest BCUT2D eigenvalue weighted by Gasteiger charge is 2.09. The fourth-order valence-corrected chi connectivity index (χ4v) is 2.18. The number of nitrogens with zero attached hydrogens (tertiary/aromatic N) is 4. The summed E-state index contributed by atoms with van der Waals surface area (Å²) in [4.78, 5) is 13.1. The molecule has 6 nitrogen and oxygen atoms in total. The smallest absolute Gasteiger partial charge is 0.0893 e. The summed E-state index contributed by atoms with van der Waals surface area (Å²) in [5.41, 5.74) is 0. The van der Waals surface area contributed by atoms with E-state index in [2.05, 4.69) is 25.8 Å². The first kappa shape index (κ1) is 14.6. The van der Waals surface area contributed by atoms with Crippen molar-refractivity contribution in [3.8, 4) is 0 Å². The van der Waals surface area contributed by atoms with E-state index in [9.17, 15) is 0 Å². The van der Waals surface area contributed by atoms with E-state index < -0.39 is 0 Å². The Morgan fingerprint density at radius 2 is 1.16 bits per heavy atom. The molecule has 0 aromatic rings. The number of hydrogen-bond acceptors (Lipinski definition) is 6. The zero-order valence-electron chi connectivity index (χ0n) is 11.6. The van der Waals surface area contributed by atoms with Crippen LogP contribution in [0.4, 0.5) is 0 Å². The van der Waals surface area contributed by atoms with Crippen molar-refractivity contribution < 1.29 is 9.47 Å². The normalized spacial score (nSPS) is 21.9. The molecule has 0 radical (unpaired) electrons. The number of rotatable bonds is 6. The van der Waals surface area contributed by atoms with Gasteiger partial charge in [0.1, 0.15) is 0 Å². The SMILES string of the molecule is C(=NCCN1CCOCC1)=NCCN1CCOCC1. The van der Waals surface area contributed by atoms with E-state index in [-0.39, 0.29) is 0 Å². The molecule has 2 aliphatic rings. The van der Waals surface area contributed by atoms with Crippen molar-refractivity contribution in [3.05, 3.63) is 0 Å². The lowest BCUT2D eigenvalue weighted by atomic mass is 10.4. The number of morpholine rings is 2. The van der Waals surface area contributed by atoms with Crippen molar-refractivity contribution in [2.75, 3.05) is 78.8 Å². The summed E-state index contributed by atoms with van der Waals surface area (Å²) < 4.78 is 10.6. The summed E-state index contributed by atoms with van der Waals surface area (Å²) in [6, 6.07) is 2.80. The average Bonchev–Trinajstić information content (AvgIpc) is 2.48. The third-order valence-corrected chi connectivity index (χ3v) is 3.40. The second kappa shape index (κ2) is 9.18. The molecule has 19 heavy (non-hydrogen) atoms. The molecule has 0 N–H and O–H groups in total. The van der Waals surface area contributed by atoms with Gasteiger partial charge in [-0.1, -0.05) is 0 Å². The van der Waals surface area contributed by atoms with Gasteiger partial charge in [0, 0.05) is 39.3 Å². The summed E-state index contributed by atoms with van der Waals surface area (Å²) in [6.45, 7) is 11.0. The van der Waals surface area contributed by atoms with Crippen molar-refractivity contribution in [3.63, 3.8) is 0 Å². The van der Waals surface area contributed by atoms with Crippen LogP contribution in [0.1, 0.15) is 0 Å². The third kappa shape index (κ3) is 6.27. The van der Waals surface area contributed by atoms with Crippen molar-refractivity contribution >= 4 is 6.01 Å². The lowest BCUT2D eigenvalue weighted by Gasteiger charge is -2.25. The minimum atomic E-state index is 0.779. The molecule has 2 rings (SSSR count). The van der Waals surface area contributed by atoms with E-state index in [1.807, 2.05) is 0 Å². The highest BCUT2D eigenvalue weighted by Crippen LogP contribution is 1.96. The second-order valence-electron chi connectivity index (χ2n) is 4.77. The van der Waals surface area contributed by atoms with Gasteiger partial charge in [0.05, 0.1) is 45.5 Å². The maximum atomic E-state index is 5.30. The fraction of sp³-hybridized carbons (Fsp3) is 0.923. The maximum absolute atomic E-state index is 5.30. The predicted octanol–water partition coefficient (Wildman–Crippen LogP) is -0.175. The first-order valence-electron chi connectivity index (χ1n) is 7.13. The summed E-state index contributed by atoms with van der Waals surface area (Å²) in [6.07, 6.45) is 0. The fourth-order valence-electron chi connectivity index (χ4n) is 2.18. The van der Waals surface area contributed by atoms with E-state index in [1.165, 1.54) is 0 Å². The quantitative estimate of drug-likeness (QED) is 0.627. The molecule has 108 valence electrons. The first-order valence-corrected chi connectivity index (χ1v) is 7.13. The van der Waals surface area contributed by atoms with E-state index in [4.69, 9.17) is 9.47 Å². The van der Waals surface area contributed by atoms with Gasteiger partial charge in [-0.25, -0.2) is 9.98 Å². The molecular formula is C13H24N4O2. The molecule has 6 heteroatoms. The Kier molecular flexibility index (Phi) is 7.06. The van der Waals surface area contributed by atoms with Gasteiger partial charge in [-0.05, 0) is 0 Å². The number of aliphatic imine (C=N–C) groups is 2. The Hall–Kier alpha value is -0.780. The number of hydrogen-bond donors (Lipinski definition) is 0. The molecule has 2 saturated heterocycles. The monoisotopic (exact) mass is 268 g/mol. The molecule has 0 amide bonds. The summed E-state index contributed by atoms with van der Waals surface area (Å²) in [5, 5.41) is 0. The van der Waals surface area contributed by atoms with Crippen LogP contribution in [0, 0.1) is 0 Å². The summed E-state index contributed by atoms with van der Waals surface area (Å²) in [5.74, 6) is 0. The lowest BCUT2D eigenvalue weighted by molar-refractivity contribution is 0.0394. The van der Waals surface area contributed by atoms with Gasteiger partial charge in [-0.3, -0.25) is 9.80 Å². The molecule has 0 saturated carbocycles. The minimum absolute atomic E-state index is 0.779. The van der Waals surface area contributed by atoms with E-state index >= 15 is 0 Å². The van der Waals surface area contributed by atoms with Crippen LogP contribution in [0.2, 0.25) is 0 Å². The zero-order chi connectivity index (χ0) is 13.2. The van der Waals surface area contributed by atoms with Crippen LogP contribution in [-0.2, 0) is 9.47 Å². The largest absolute Gasteiger partial charge is 0.379 e. The van der Waals surface area contributed by atoms with E-state index in [0.717, 1.165) is 78.8 Å². The Morgan fingerprint density at radius 1 is 0.737 bits per heavy atom.